The summed E-state index contributed by atoms with van der Waals surface area (Å²) in [5, 5.41) is 13.7. The third kappa shape index (κ3) is 5.27. The van der Waals surface area contributed by atoms with E-state index in [4.69, 9.17) is 16.3 Å². The van der Waals surface area contributed by atoms with Gasteiger partial charge in [0.15, 0.2) is 0 Å². The molecule has 0 bridgehead atoms. The number of aromatic hydroxyl groups is 1. The number of hydrogen-bond donors (Lipinski definition) is 2. The maximum absolute atomic E-state index is 12.3. The van der Waals surface area contributed by atoms with Crippen molar-refractivity contribution >= 4 is 23.3 Å². The number of phenolic OH excluding ortho intramolecular Hbond substituents is 1. The monoisotopic (exact) mass is 395 g/mol. The molecule has 0 fully saturated rings. The smallest absolute Gasteiger partial charge is 0.341 e. The number of halogens is 1. The van der Waals surface area contributed by atoms with Crippen LogP contribution in [-0.4, -0.2) is 17.7 Å². The molecule has 0 aliphatic carbocycles. The lowest BCUT2D eigenvalue weighted by atomic mass is 10.0. The summed E-state index contributed by atoms with van der Waals surface area (Å²) in [5.74, 6) is -0.742. The van der Waals surface area contributed by atoms with Crippen molar-refractivity contribution < 1.29 is 14.6 Å². The minimum Gasteiger partial charge on any atom is -0.507 e. The van der Waals surface area contributed by atoms with Crippen LogP contribution in [0.1, 0.15) is 33.9 Å². The van der Waals surface area contributed by atoms with E-state index in [-0.39, 0.29) is 24.0 Å². The third-order valence-corrected chi connectivity index (χ3v) is 4.65. The number of esters is 1. The Morgan fingerprint density at radius 2 is 1.79 bits per heavy atom. The minimum atomic E-state index is -0.595. The first-order chi connectivity index (χ1) is 13.5. The van der Waals surface area contributed by atoms with E-state index in [0.717, 1.165) is 11.3 Å². The standard InChI is InChI=1S/C23H22ClNO3/c1-16-7-10-19(11-8-16)25-21(17-5-3-2-4-6-17)13-14-28-23(27)20-15-18(24)9-12-22(20)26/h2-12,15,21,25-26H,13-14H2,1H3. The molecule has 0 aliphatic rings. The predicted molar refractivity (Wildman–Crippen MR) is 112 cm³/mol. The normalized spacial score (nSPS) is 11.6. The Morgan fingerprint density at radius 3 is 2.50 bits per heavy atom. The Morgan fingerprint density at radius 1 is 1.07 bits per heavy atom. The van der Waals surface area contributed by atoms with Gasteiger partial charge in [0.05, 0.1) is 12.6 Å². The van der Waals surface area contributed by atoms with E-state index < -0.39 is 5.97 Å². The number of benzene rings is 3. The first kappa shape index (κ1) is 19.8. The summed E-state index contributed by atoms with van der Waals surface area (Å²) < 4.78 is 5.38. The first-order valence-electron chi connectivity index (χ1n) is 9.07. The lowest BCUT2D eigenvalue weighted by Crippen LogP contribution is -2.15. The molecule has 0 amide bonds. The molecule has 0 saturated heterocycles. The summed E-state index contributed by atoms with van der Waals surface area (Å²) >= 11 is 5.90. The molecule has 144 valence electrons. The highest BCUT2D eigenvalue weighted by molar-refractivity contribution is 6.31. The summed E-state index contributed by atoms with van der Waals surface area (Å²) in [5.41, 5.74) is 3.36. The summed E-state index contributed by atoms with van der Waals surface area (Å²) in [6, 6.07) is 22.4. The SMILES string of the molecule is Cc1ccc(NC(CCOC(=O)c2cc(Cl)ccc2O)c2ccccc2)cc1. The van der Waals surface area contributed by atoms with Gasteiger partial charge in [-0.05, 0) is 42.8 Å². The lowest BCUT2D eigenvalue weighted by Gasteiger charge is -2.21. The molecule has 0 saturated carbocycles. The first-order valence-corrected chi connectivity index (χ1v) is 9.44. The number of hydrogen-bond acceptors (Lipinski definition) is 4. The minimum absolute atomic E-state index is 0.0235. The molecule has 3 aromatic rings. The van der Waals surface area contributed by atoms with Crippen LogP contribution in [-0.2, 0) is 4.74 Å². The number of anilines is 1. The highest BCUT2D eigenvalue weighted by Crippen LogP contribution is 2.25. The number of carbonyl (C=O) groups excluding carboxylic acids is 1. The second-order valence-corrected chi connectivity index (χ2v) is 7.00. The maximum Gasteiger partial charge on any atom is 0.341 e. The summed E-state index contributed by atoms with van der Waals surface area (Å²) in [7, 11) is 0. The van der Waals surface area contributed by atoms with Gasteiger partial charge in [0.2, 0.25) is 0 Å². The average molecular weight is 396 g/mol. The number of rotatable bonds is 7. The van der Waals surface area contributed by atoms with E-state index in [1.807, 2.05) is 61.5 Å². The van der Waals surface area contributed by atoms with Crippen molar-refractivity contribution in [1.82, 2.24) is 0 Å². The van der Waals surface area contributed by atoms with Gasteiger partial charge in [-0.3, -0.25) is 0 Å². The van der Waals surface area contributed by atoms with Crippen LogP contribution in [0.3, 0.4) is 0 Å². The number of phenols is 1. The highest BCUT2D eigenvalue weighted by atomic mass is 35.5. The lowest BCUT2D eigenvalue weighted by molar-refractivity contribution is 0.0492. The molecule has 3 aromatic carbocycles. The van der Waals surface area contributed by atoms with Crippen LogP contribution >= 0.6 is 11.6 Å². The van der Waals surface area contributed by atoms with Gasteiger partial charge in [0.25, 0.3) is 0 Å². The van der Waals surface area contributed by atoms with E-state index in [2.05, 4.69) is 5.32 Å². The summed E-state index contributed by atoms with van der Waals surface area (Å²) in [4.78, 5) is 12.3. The maximum atomic E-state index is 12.3. The Labute approximate surface area is 169 Å². The Hall–Kier alpha value is -2.98. The van der Waals surface area contributed by atoms with E-state index in [1.54, 1.807) is 0 Å². The Bertz CT molecular complexity index is 926. The molecule has 28 heavy (non-hydrogen) atoms. The topological polar surface area (TPSA) is 58.6 Å². The third-order valence-electron chi connectivity index (χ3n) is 4.41. The number of ether oxygens (including phenoxy) is 1. The molecular formula is C23H22ClNO3. The molecule has 1 unspecified atom stereocenters. The van der Waals surface area contributed by atoms with Crippen molar-refractivity contribution in [2.45, 2.75) is 19.4 Å². The predicted octanol–water partition coefficient (Wildman–Crippen LogP) is 5.75. The van der Waals surface area contributed by atoms with Crippen molar-refractivity contribution in [3.63, 3.8) is 0 Å². The van der Waals surface area contributed by atoms with Crippen molar-refractivity contribution in [2.24, 2.45) is 0 Å². The fourth-order valence-electron chi connectivity index (χ4n) is 2.88. The Balaban J connectivity index is 1.67. The van der Waals surface area contributed by atoms with Crippen LogP contribution < -0.4 is 5.32 Å². The zero-order valence-corrected chi connectivity index (χ0v) is 16.3. The van der Waals surface area contributed by atoms with Crippen molar-refractivity contribution in [2.75, 3.05) is 11.9 Å². The highest BCUT2D eigenvalue weighted by Gasteiger charge is 2.16. The van der Waals surface area contributed by atoms with E-state index >= 15 is 0 Å². The van der Waals surface area contributed by atoms with Crippen LogP contribution in [0.4, 0.5) is 5.69 Å². The van der Waals surface area contributed by atoms with Crippen LogP contribution in [0.25, 0.3) is 0 Å². The molecule has 3 rings (SSSR count). The second kappa shape index (κ2) is 9.29. The van der Waals surface area contributed by atoms with Gasteiger partial charge in [0.1, 0.15) is 11.3 Å². The van der Waals surface area contributed by atoms with Crippen LogP contribution in [0.5, 0.6) is 5.75 Å². The fourth-order valence-corrected chi connectivity index (χ4v) is 3.05. The van der Waals surface area contributed by atoms with Crippen LogP contribution in [0.2, 0.25) is 5.02 Å². The molecule has 2 N–H and O–H groups in total. The largest absolute Gasteiger partial charge is 0.507 e. The molecule has 0 aliphatic heterocycles. The van der Waals surface area contributed by atoms with E-state index in [9.17, 15) is 9.90 Å². The van der Waals surface area contributed by atoms with Crippen molar-refractivity contribution in [3.05, 3.63) is 94.5 Å². The van der Waals surface area contributed by atoms with Gasteiger partial charge < -0.3 is 15.2 Å². The molecular weight excluding hydrogens is 374 g/mol. The second-order valence-electron chi connectivity index (χ2n) is 6.56. The van der Waals surface area contributed by atoms with E-state index in [1.165, 1.54) is 23.8 Å². The molecule has 0 radical (unpaired) electrons. The molecule has 5 heteroatoms. The van der Waals surface area contributed by atoms with Gasteiger partial charge in [-0.25, -0.2) is 4.79 Å². The molecule has 0 spiro atoms. The van der Waals surface area contributed by atoms with Crippen molar-refractivity contribution in [1.29, 1.82) is 0 Å². The summed E-state index contributed by atoms with van der Waals surface area (Å²) in [6.45, 7) is 2.24. The van der Waals surface area contributed by atoms with Gasteiger partial charge in [-0.15, -0.1) is 0 Å². The number of carbonyl (C=O) groups is 1. The Kier molecular flexibility index (Phi) is 6.56. The summed E-state index contributed by atoms with van der Waals surface area (Å²) in [6.07, 6.45) is 0.574. The number of nitrogens with one attached hydrogen (secondary N) is 1. The molecule has 0 heterocycles. The fraction of sp³-hybridized carbons (Fsp3) is 0.174. The van der Waals surface area contributed by atoms with Crippen molar-refractivity contribution in [3.8, 4) is 5.75 Å². The van der Waals surface area contributed by atoms with Gasteiger partial charge in [-0.1, -0.05) is 59.6 Å². The molecule has 4 nitrogen and oxygen atoms in total. The van der Waals surface area contributed by atoms with Gasteiger partial charge in [0, 0.05) is 17.1 Å². The zero-order chi connectivity index (χ0) is 19.9. The number of aryl methyl sites for hydroxylation is 1. The molecule has 1 atom stereocenters. The quantitative estimate of drug-likeness (QED) is 0.500. The average Bonchev–Trinajstić information content (AvgIpc) is 2.71. The van der Waals surface area contributed by atoms with Gasteiger partial charge >= 0.3 is 5.97 Å². The van der Waals surface area contributed by atoms with Crippen LogP contribution in [0.15, 0.2) is 72.8 Å². The molecule has 0 aromatic heterocycles. The van der Waals surface area contributed by atoms with Gasteiger partial charge in [-0.2, -0.15) is 0 Å². The van der Waals surface area contributed by atoms with E-state index in [0.29, 0.717) is 11.4 Å². The zero-order valence-electron chi connectivity index (χ0n) is 15.6. The van der Waals surface area contributed by atoms with Crippen LogP contribution in [0, 0.1) is 6.92 Å².